The fourth-order valence-electron chi connectivity index (χ4n) is 2.40. The monoisotopic (exact) mass is 312 g/mol. The van der Waals surface area contributed by atoms with Crippen LogP contribution in [-0.2, 0) is 0 Å². The van der Waals surface area contributed by atoms with Gasteiger partial charge >= 0.3 is 6.18 Å². The van der Waals surface area contributed by atoms with Gasteiger partial charge in [-0.15, -0.1) is 0 Å². The van der Waals surface area contributed by atoms with Crippen molar-refractivity contribution in [2.75, 3.05) is 0 Å². The highest BCUT2D eigenvalue weighted by Gasteiger charge is 2.39. The molecule has 1 aliphatic carbocycles. The van der Waals surface area contributed by atoms with Gasteiger partial charge in [-0.2, -0.15) is 13.2 Å². The van der Waals surface area contributed by atoms with Crippen LogP contribution in [0, 0.1) is 12.8 Å². The molecule has 1 N–H and O–H groups in total. The standard InChI is InChI=1S/C17H19F3O2/c1-11-5-3-7-14(9-11)22-16-8-4-6-13(17(18,19)20)10-15(16)12(2)21/h3,5,7-10,12-13,21H,4,6H2,1-2H3/t12-,13?/m0/s1. The van der Waals surface area contributed by atoms with Gasteiger partial charge in [-0.3, -0.25) is 0 Å². The van der Waals surface area contributed by atoms with Crippen LogP contribution in [0.25, 0.3) is 0 Å². The first-order valence-corrected chi connectivity index (χ1v) is 7.19. The number of alkyl halides is 3. The molecule has 0 fully saturated rings. The molecule has 0 bridgehead atoms. The summed E-state index contributed by atoms with van der Waals surface area (Å²) in [5.41, 5.74) is 1.17. The molecule has 0 radical (unpaired) electrons. The van der Waals surface area contributed by atoms with Crippen LogP contribution in [0.1, 0.15) is 25.3 Å². The van der Waals surface area contributed by atoms with Crippen molar-refractivity contribution < 1.29 is 23.0 Å². The van der Waals surface area contributed by atoms with Gasteiger partial charge in [-0.05, 0) is 50.5 Å². The number of hydrogen-bond donors (Lipinski definition) is 1. The maximum atomic E-state index is 13.0. The highest BCUT2D eigenvalue weighted by Crippen LogP contribution is 2.36. The maximum Gasteiger partial charge on any atom is 0.395 e. The first-order valence-electron chi connectivity index (χ1n) is 7.19. The van der Waals surface area contributed by atoms with Crippen molar-refractivity contribution in [3.05, 3.63) is 53.3 Å². The molecule has 120 valence electrons. The van der Waals surface area contributed by atoms with Crippen LogP contribution in [0.4, 0.5) is 13.2 Å². The fraction of sp³-hybridized carbons (Fsp3) is 0.412. The van der Waals surface area contributed by atoms with Gasteiger partial charge in [0.05, 0.1) is 12.0 Å². The number of aryl methyl sites for hydroxylation is 1. The molecule has 2 nitrogen and oxygen atoms in total. The van der Waals surface area contributed by atoms with E-state index in [0.29, 0.717) is 11.5 Å². The predicted octanol–water partition coefficient (Wildman–Crippen LogP) is 4.54. The average molecular weight is 312 g/mol. The summed E-state index contributed by atoms with van der Waals surface area (Å²) in [5, 5.41) is 9.83. The molecule has 1 aromatic carbocycles. The van der Waals surface area contributed by atoms with Crippen LogP contribution in [0.5, 0.6) is 5.75 Å². The van der Waals surface area contributed by atoms with Crippen LogP contribution in [-0.4, -0.2) is 17.4 Å². The zero-order valence-corrected chi connectivity index (χ0v) is 12.5. The van der Waals surface area contributed by atoms with E-state index in [2.05, 4.69) is 0 Å². The molecular weight excluding hydrogens is 293 g/mol. The van der Waals surface area contributed by atoms with Crippen LogP contribution in [0.3, 0.4) is 0 Å². The van der Waals surface area contributed by atoms with E-state index in [1.54, 1.807) is 18.2 Å². The Hall–Kier alpha value is -1.75. The topological polar surface area (TPSA) is 29.5 Å². The zero-order chi connectivity index (χ0) is 16.3. The van der Waals surface area contributed by atoms with E-state index in [1.807, 2.05) is 19.1 Å². The number of aliphatic hydroxyl groups is 1. The van der Waals surface area contributed by atoms with Crippen molar-refractivity contribution in [2.45, 2.75) is 39.0 Å². The van der Waals surface area contributed by atoms with E-state index in [-0.39, 0.29) is 18.4 Å². The molecule has 1 aromatic rings. The minimum absolute atomic E-state index is 0.0413. The lowest BCUT2D eigenvalue weighted by molar-refractivity contribution is -0.162. The summed E-state index contributed by atoms with van der Waals surface area (Å²) in [6.45, 7) is 3.34. The minimum atomic E-state index is -4.31. The summed E-state index contributed by atoms with van der Waals surface area (Å²) in [5.74, 6) is -0.720. The minimum Gasteiger partial charge on any atom is -0.457 e. The summed E-state index contributed by atoms with van der Waals surface area (Å²) < 4.78 is 44.6. The molecule has 0 saturated carbocycles. The molecule has 1 unspecified atom stereocenters. The molecule has 0 amide bonds. The summed E-state index contributed by atoms with van der Waals surface area (Å²) in [7, 11) is 0. The first kappa shape index (κ1) is 16.6. The number of rotatable bonds is 3. The highest BCUT2D eigenvalue weighted by atomic mass is 19.4. The third-order valence-electron chi connectivity index (χ3n) is 3.56. The fourth-order valence-corrected chi connectivity index (χ4v) is 2.40. The molecule has 5 heteroatoms. The van der Waals surface area contributed by atoms with E-state index < -0.39 is 18.2 Å². The van der Waals surface area contributed by atoms with Crippen molar-refractivity contribution in [1.29, 1.82) is 0 Å². The zero-order valence-electron chi connectivity index (χ0n) is 12.5. The number of benzene rings is 1. The summed E-state index contributed by atoms with van der Waals surface area (Å²) in [6.07, 6.45) is -2.43. The van der Waals surface area contributed by atoms with Gasteiger partial charge in [0.15, 0.2) is 0 Å². The molecular formula is C17H19F3O2. The molecule has 0 heterocycles. The molecule has 0 saturated heterocycles. The lowest BCUT2D eigenvalue weighted by atomic mass is 10.00. The normalized spacial score (nSPS) is 20.7. The van der Waals surface area contributed by atoms with Crippen LogP contribution < -0.4 is 4.74 Å². The third kappa shape index (κ3) is 4.13. The molecule has 0 spiro atoms. The van der Waals surface area contributed by atoms with Gasteiger partial charge in [0.1, 0.15) is 11.5 Å². The number of ether oxygens (including phenoxy) is 1. The third-order valence-corrected chi connectivity index (χ3v) is 3.56. The highest BCUT2D eigenvalue weighted by molar-refractivity contribution is 5.37. The van der Waals surface area contributed by atoms with Crippen molar-refractivity contribution in [1.82, 2.24) is 0 Å². The lowest BCUT2D eigenvalue weighted by Crippen LogP contribution is -2.22. The van der Waals surface area contributed by atoms with E-state index >= 15 is 0 Å². The first-order chi connectivity index (χ1) is 10.3. The lowest BCUT2D eigenvalue weighted by Gasteiger charge is -2.18. The number of allylic oxidation sites excluding steroid dienone is 2. The number of halogens is 3. The van der Waals surface area contributed by atoms with Crippen molar-refractivity contribution in [2.24, 2.45) is 5.92 Å². The Labute approximate surface area is 127 Å². The molecule has 0 aliphatic heterocycles. The van der Waals surface area contributed by atoms with Crippen LogP contribution in [0.15, 0.2) is 47.7 Å². The summed E-state index contributed by atoms with van der Waals surface area (Å²) in [6, 6.07) is 7.25. The average Bonchev–Trinajstić information content (AvgIpc) is 2.61. The van der Waals surface area contributed by atoms with Gasteiger partial charge in [-0.25, -0.2) is 0 Å². The SMILES string of the molecule is Cc1cccc(OC2=CCCC(C(F)(F)F)C=C2[C@H](C)O)c1. The van der Waals surface area contributed by atoms with Crippen molar-refractivity contribution >= 4 is 0 Å². The van der Waals surface area contributed by atoms with E-state index in [1.165, 1.54) is 6.92 Å². The van der Waals surface area contributed by atoms with Gasteiger partial charge in [0.2, 0.25) is 0 Å². The molecule has 0 aromatic heterocycles. The Morgan fingerprint density at radius 2 is 2.05 bits per heavy atom. The number of aliphatic hydroxyl groups excluding tert-OH is 1. The largest absolute Gasteiger partial charge is 0.457 e. The number of hydrogen-bond acceptors (Lipinski definition) is 2. The van der Waals surface area contributed by atoms with Crippen molar-refractivity contribution in [3.8, 4) is 5.75 Å². The Morgan fingerprint density at radius 3 is 2.64 bits per heavy atom. The van der Waals surface area contributed by atoms with Gasteiger partial charge in [0.25, 0.3) is 0 Å². The van der Waals surface area contributed by atoms with Crippen molar-refractivity contribution in [3.63, 3.8) is 0 Å². The molecule has 2 atom stereocenters. The predicted molar refractivity (Wildman–Crippen MR) is 78.4 cm³/mol. The smallest absolute Gasteiger partial charge is 0.395 e. The second-order valence-electron chi connectivity index (χ2n) is 5.51. The van der Waals surface area contributed by atoms with Crippen LogP contribution >= 0.6 is 0 Å². The van der Waals surface area contributed by atoms with Gasteiger partial charge in [0, 0.05) is 5.57 Å². The second-order valence-corrected chi connectivity index (χ2v) is 5.51. The Balaban J connectivity index is 2.30. The van der Waals surface area contributed by atoms with Crippen LogP contribution in [0.2, 0.25) is 0 Å². The molecule has 22 heavy (non-hydrogen) atoms. The molecule has 2 rings (SSSR count). The second kappa shape index (κ2) is 6.57. The summed E-state index contributed by atoms with van der Waals surface area (Å²) in [4.78, 5) is 0. The van der Waals surface area contributed by atoms with Gasteiger partial charge in [-0.1, -0.05) is 18.2 Å². The Bertz CT molecular complexity index is 586. The van der Waals surface area contributed by atoms with E-state index in [0.717, 1.165) is 11.6 Å². The van der Waals surface area contributed by atoms with E-state index in [4.69, 9.17) is 4.74 Å². The van der Waals surface area contributed by atoms with Gasteiger partial charge < -0.3 is 9.84 Å². The Kier molecular flexibility index (Phi) is 4.96. The molecule has 1 aliphatic rings. The quantitative estimate of drug-likeness (QED) is 0.888. The van der Waals surface area contributed by atoms with E-state index in [9.17, 15) is 18.3 Å². The Morgan fingerprint density at radius 1 is 1.32 bits per heavy atom. The summed E-state index contributed by atoms with van der Waals surface area (Å²) >= 11 is 0. The maximum absolute atomic E-state index is 13.0.